The summed E-state index contributed by atoms with van der Waals surface area (Å²) in [5, 5.41) is 4.03. The van der Waals surface area contributed by atoms with Crippen LogP contribution in [-0.2, 0) is 0 Å². The molecule has 0 saturated carbocycles. The van der Waals surface area contributed by atoms with Crippen LogP contribution in [0.1, 0.15) is 43.2 Å². The van der Waals surface area contributed by atoms with Crippen molar-refractivity contribution in [2.75, 3.05) is 26.7 Å². The van der Waals surface area contributed by atoms with E-state index in [4.69, 9.17) is 4.52 Å². The second-order valence-electron chi connectivity index (χ2n) is 5.80. The Labute approximate surface area is 109 Å². The van der Waals surface area contributed by atoms with Gasteiger partial charge in [-0.3, -0.25) is 4.90 Å². The Morgan fingerprint density at radius 1 is 1.33 bits per heavy atom. The molecule has 0 aromatic carbocycles. The molecule has 2 fully saturated rings. The second kappa shape index (κ2) is 5.02. The fourth-order valence-electron chi connectivity index (χ4n) is 3.39. The van der Waals surface area contributed by atoms with Gasteiger partial charge < -0.3 is 9.42 Å². The lowest BCUT2D eigenvalue weighted by Gasteiger charge is -2.28. The van der Waals surface area contributed by atoms with Gasteiger partial charge in [0.2, 0.25) is 0 Å². The summed E-state index contributed by atoms with van der Waals surface area (Å²) in [6, 6.07) is 3.29. The number of likely N-dealkylation sites (N-methyl/N-ethyl adjacent to an activating group) is 1. The minimum atomic E-state index is 0.459. The average molecular weight is 249 g/mol. The Kier molecular flexibility index (Phi) is 3.39. The molecule has 3 rings (SSSR count). The maximum atomic E-state index is 5.46. The van der Waals surface area contributed by atoms with Gasteiger partial charge in [0.1, 0.15) is 0 Å². The van der Waals surface area contributed by atoms with Crippen molar-refractivity contribution >= 4 is 0 Å². The van der Waals surface area contributed by atoms with Crippen LogP contribution in [0.4, 0.5) is 0 Å². The molecular formula is C14H23N3O. The molecule has 18 heavy (non-hydrogen) atoms. The number of likely N-dealkylation sites (tertiary alicyclic amines) is 2. The standard InChI is InChI=1S/C14H23N3O/c1-11-9-14(18-15-11)13-6-4-8-17(13)10-12-5-3-7-16(12)2/h9,12-13H,3-8,10H2,1-2H3/t12-,13?/m1/s1. The molecule has 1 aromatic rings. The number of hydrogen-bond acceptors (Lipinski definition) is 4. The molecule has 1 unspecified atom stereocenters. The monoisotopic (exact) mass is 249 g/mol. The van der Waals surface area contributed by atoms with Crippen molar-refractivity contribution in [3.63, 3.8) is 0 Å². The van der Waals surface area contributed by atoms with Crippen LogP contribution < -0.4 is 0 Å². The van der Waals surface area contributed by atoms with Crippen molar-refractivity contribution in [3.05, 3.63) is 17.5 Å². The predicted molar refractivity (Wildman–Crippen MR) is 70.4 cm³/mol. The maximum Gasteiger partial charge on any atom is 0.154 e. The molecule has 100 valence electrons. The van der Waals surface area contributed by atoms with Crippen molar-refractivity contribution < 1.29 is 4.52 Å². The smallest absolute Gasteiger partial charge is 0.154 e. The summed E-state index contributed by atoms with van der Waals surface area (Å²) in [7, 11) is 2.25. The summed E-state index contributed by atoms with van der Waals surface area (Å²) < 4.78 is 5.46. The van der Waals surface area contributed by atoms with E-state index in [1.807, 2.05) is 6.92 Å². The highest BCUT2D eigenvalue weighted by Gasteiger charge is 2.32. The molecule has 0 amide bonds. The van der Waals surface area contributed by atoms with Gasteiger partial charge in [-0.25, -0.2) is 0 Å². The third-order valence-corrected chi connectivity index (χ3v) is 4.46. The zero-order valence-electron chi connectivity index (χ0n) is 11.4. The highest BCUT2D eigenvalue weighted by molar-refractivity contribution is 5.09. The molecule has 0 radical (unpaired) electrons. The fraction of sp³-hybridized carbons (Fsp3) is 0.786. The van der Waals surface area contributed by atoms with E-state index in [-0.39, 0.29) is 0 Å². The van der Waals surface area contributed by atoms with E-state index in [0.717, 1.165) is 17.5 Å². The normalized spacial score (nSPS) is 30.3. The van der Waals surface area contributed by atoms with Crippen LogP contribution in [0.2, 0.25) is 0 Å². The molecule has 0 N–H and O–H groups in total. The van der Waals surface area contributed by atoms with E-state index < -0.39 is 0 Å². The zero-order chi connectivity index (χ0) is 12.5. The molecule has 2 saturated heterocycles. The van der Waals surface area contributed by atoms with Crippen molar-refractivity contribution in [3.8, 4) is 0 Å². The molecule has 0 aliphatic carbocycles. The Morgan fingerprint density at radius 2 is 2.17 bits per heavy atom. The summed E-state index contributed by atoms with van der Waals surface area (Å²) in [4.78, 5) is 5.09. The number of hydrogen-bond donors (Lipinski definition) is 0. The first kappa shape index (κ1) is 12.2. The van der Waals surface area contributed by atoms with Gasteiger partial charge in [0.15, 0.2) is 5.76 Å². The van der Waals surface area contributed by atoms with Gasteiger partial charge in [0.25, 0.3) is 0 Å². The third kappa shape index (κ3) is 2.31. The van der Waals surface area contributed by atoms with Gasteiger partial charge in [-0.1, -0.05) is 5.16 Å². The van der Waals surface area contributed by atoms with Crippen molar-refractivity contribution in [1.29, 1.82) is 0 Å². The fourth-order valence-corrected chi connectivity index (χ4v) is 3.39. The van der Waals surface area contributed by atoms with E-state index in [9.17, 15) is 0 Å². The predicted octanol–water partition coefficient (Wildman–Crippen LogP) is 2.21. The number of rotatable bonds is 3. The number of aryl methyl sites for hydroxylation is 1. The Bertz CT molecular complexity index is 403. The van der Waals surface area contributed by atoms with E-state index in [1.54, 1.807) is 0 Å². The van der Waals surface area contributed by atoms with Crippen LogP contribution in [0.25, 0.3) is 0 Å². The lowest BCUT2D eigenvalue weighted by atomic mass is 10.1. The summed E-state index contributed by atoms with van der Waals surface area (Å²) in [5.74, 6) is 1.06. The van der Waals surface area contributed by atoms with Gasteiger partial charge in [-0.2, -0.15) is 0 Å². The third-order valence-electron chi connectivity index (χ3n) is 4.46. The van der Waals surface area contributed by atoms with Gasteiger partial charge in [0, 0.05) is 18.7 Å². The van der Waals surface area contributed by atoms with Gasteiger partial charge >= 0.3 is 0 Å². The molecule has 2 aliphatic rings. The Hall–Kier alpha value is -0.870. The lowest BCUT2D eigenvalue weighted by molar-refractivity contribution is 0.162. The molecule has 2 aliphatic heterocycles. The van der Waals surface area contributed by atoms with E-state index in [1.165, 1.54) is 45.3 Å². The second-order valence-corrected chi connectivity index (χ2v) is 5.80. The molecule has 2 atom stereocenters. The number of nitrogens with zero attached hydrogens (tertiary/aromatic N) is 3. The quantitative estimate of drug-likeness (QED) is 0.822. The molecule has 0 bridgehead atoms. The lowest BCUT2D eigenvalue weighted by Crippen LogP contribution is -2.38. The Morgan fingerprint density at radius 3 is 2.83 bits per heavy atom. The summed E-state index contributed by atoms with van der Waals surface area (Å²) in [6.07, 6.45) is 5.18. The van der Waals surface area contributed by atoms with Gasteiger partial charge in [-0.15, -0.1) is 0 Å². The van der Waals surface area contributed by atoms with Gasteiger partial charge in [0.05, 0.1) is 11.7 Å². The van der Waals surface area contributed by atoms with Crippen molar-refractivity contribution in [2.24, 2.45) is 0 Å². The topological polar surface area (TPSA) is 32.5 Å². The van der Waals surface area contributed by atoms with Crippen molar-refractivity contribution in [1.82, 2.24) is 15.0 Å². The van der Waals surface area contributed by atoms with Crippen LogP contribution in [-0.4, -0.2) is 47.7 Å². The number of aromatic nitrogens is 1. The SMILES string of the molecule is Cc1cc(C2CCCN2C[C@H]2CCCN2C)on1. The molecule has 3 heterocycles. The van der Waals surface area contributed by atoms with E-state index >= 15 is 0 Å². The van der Waals surface area contributed by atoms with E-state index in [2.05, 4.69) is 28.1 Å². The van der Waals surface area contributed by atoms with Gasteiger partial charge in [-0.05, 0) is 52.7 Å². The molecular weight excluding hydrogens is 226 g/mol. The zero-order valence-corrected chi connectivity index (χ0v) is 11.4. The highest BCUT2D eigenvalue weighted by atomic mass is 16.5. The largest absolute Gasteiger partial charge is 0.359 e. The van der Waals surface area contributed by atoms with Crippen LogP contribution >= 0.6 is 0 Å². The minimum Gasteiger partial charge on any atom is -0.359 e. The van der Waals surface area contributed by atoms with E-state index in [0.29, 0.717) is 6.04 Å². The first-order valence-electron chi connectivity index (χ1n) is 7.11. The average Bonchev–Trinajstić information content (AvgIpc) is 3.03. The molecule has 0 spiro atoms. The first-order chi connectivity index (χ1) is 8.74. The molecule has 4 nitrogen and oxygen atoms in total. The maximum absolute atomic E-state index is 5.46. The summed E-state index contributed by atoms with van der Waals surface area (Å²) >= 11 is 0. The molecule has 4 heteroatoms. The highest BCUT2D eigenvalue weighted by Crippen LogP contribution is 2.33. The van der Waals surface area contributed by atoms with Crippen LogP contribution in [0.5, 0.6) is 0 Å². The first-order valence-corrected chi connectivity index (χ1v) is 7.11. The van der Waals surface area contributed by atoms with Crippen LogP contribution in [0.3, 0.4) is 0 Å². The van der Waals surface area contributed by atoms with Crippen LogP contribution in [0.15, 0.2) is 10.6 Å². The Balaban J connectivity index is 1.67. The van der Waals surface area contributed by atoms with Crippen LogP contribution in [0, 0.1) is 6.92 Å². The molecule has 1 aromatic heterocycles. The summed E-state index contributed by atoms with van der Waals surface area (Å²) in [6.45, 7) is 5.64. The summed E-state index contributed by atoms with van der Waals surface area (Å²) in [5.41, 5.74) is 0.995. The minimum absolute atomic E-state index is 0.459. The van der Waals surface area contributed by atoms with Crippen molar-refractivity contribution in [2.45, 2.75) is 44.7 Å².